The molecule has 0 aliphatic heterocycles. The summed E-state index contributed by atoms with van der Waals surface area (Å²) in [7, 11) is 0. The van der Waals surface area contributed by atoms with Crippen molar-refractivity contribution in [3.8, 4) is 28.0 Å². The second-order valence-electron chi connectivity index (χ2n) is 4.72. The van der Waals surface area contributed by atoms with Crippen LogP contribution in [0.4, 0.5) is 0 Å². The largest absolute Gasteiger partial charge is 0.508 e. The molecule has 0 aliphatic rings. The first kappa shape index (κ1) is 13.9. The van der Waals surface area contributed by atoms with E-state index < -0.39 is 0 Å². The highest BCUT2D eigenvalue weighted by molar-refractivity contribution is 9.10. The van der Waals surface area contributed by atoms with Gasteiger partial charge >= 0.3 is 0 Å². The van der Waals surface area contributed by atoms with E-state index in [1.807, 2.05) is 30.3 Å². The maximum atomic E-state index is 9.45. The lowest BCUT2D eigenvalue weighted by Crippen LogP contribution is -1.91. The average molecular weight is 345 g/mol. The third-order valence-corrected chi connectivity index (χ3v) is 3.95. The topological polar surface area (TPSA) is 53.6 Å². The molecule has 0 fully saturated rings. The van der Waals surface area contributed by atoms with Crippen LogP contribution >= 0.6 is 15.9 Å². The molecule has 0 atom stereocenters. The van der Waals surface area contributed by atoms with Crippen LogP contribution in [-0.4, -0.2) is 10.2 Å². The zero-order valence-corrected chi connectivity index (χ0v) is 12.7. The number of rotatable bonds is 3. The van der Waals surface area contributed by atoms with Gasteiger partial charge in [-0.05, 0) is 47.0 Å². The van der Waals surface area contributed by atoms with E-state index in [2.05, 4.69) is 15.9 Å². The minimum Gasteiger partial charge on any atom is -0.508 e. The van der Waals surface area contributed by atoms with E-state index >= 15 is 0 Å². The molecule has 0 amide bonds. The lowest BCUT2D eigenvalue weighted by molar-refractivity contribution is 0.282. The number of benzene rings is 2. The Morgan fingerprint density at radius 3 is 2.38 bits per heavy atom. The van der Waals surface area contributed by atoms with Crippen LogP contribution in [0.25, 0.3) is 22.3 Å². The van der Waals surface area contributed by atoms with Gasteiger partial charge in [0.1, 0.15) is 5.75 Å². The Morgan fingerprint density at radius 1 is 1.00 bits per heavy atom. The van der Waals surface area contributed by atoms with Crippen LogP contribution < -0.4 is 0 Å². The first-order chi connectivity index (χ1) is 10.2. The van der Waals surface area contributed by atoms with Gasteiger partial charge in [-0.25, -0.2) is 0 Å². The third-order valence-electron chi connectivity index (χ3n) is 3.32. The molecule has 0 unspecified atom stereocenters. The fraction of sp³-hybridized carbons (Fsp3) is 0.0588. The Balaban J connectivity index is 2.25. The molecule has 0 saturated heterocycles. The number of aliphatic hydroxyl groups is 1. The summed E-state index contributed by atoms with van der Waals surface area (Å²) in [5.74, 6) is 0.228. The van der Waals surface area contributed by atoms with Crippen molar-refractivity contribution in [2.24, 2.45) is 0 Å². The molecule has 0 bridgehead atoms. The molecule has 2 aromatic carbocycles. The molecule has 2 N–H and O–H groups in total. The van der Waals surface area contributed by atoms with Crippen molar-refractivity contribution in [1.82, 2.24) is 0 Å². The number of halogens is 1. The maximum absolute atomic E-state index is 9.45. The summed E-state index contributed by atoms with van der Waals surface area (Å²) in [5.41, 5.74) is 4.69. The van der Waals surface area contributed by atoms with Crippen LogP contribution in [0.3, 0.4) is 0 Å². The molecule has 106 valence electrons. The van der Waals surface area contributed by atoms with Gasteiger partial charge in [-0.3, -0.25) is 0 Å². The van der Waals surface area contributed by atoms with Crippen LogP contribution in [0.15, 0.2) is 63.9 Å². The van der Waals surface area contributed by atoms with Crippen molar-refractivity contribution >= 4 is 15.9 Å². The van der Waals surface area contributed by atoms with E-state index in [9.17, 15) is 10.2 Å². The Morgan fingerprint density at radius 2 is 1.76 bits per heavy atom. The summed E-state index contributed by atoms with van der Waals surface area (Å²) in [5, 5.41) is 18.9. The van der Waals surface area contributed by atoms with Gasteiger partial charge in [-0.1, -0.05) is 28.1 Å². The number of aromatic hydroxyl groups is 1. The van der Waals surface area contributed by atoms with E-state index in [1.165, 1.54) is 0 Å². The van der Waals surface area contributed by atoms with Gasteiger partial charge in [0.25, 0.3) is 0 Å². The van der Waals surface area contributed by atoms with Crippen LogP contribution in [0.5, 0.6) is 5.75 Å². The predicted octanol–water partition coefficient (Wildman–Crippen LogP) is 4.57. The van der Waals surface area contributed by atoms with E-state index in [1.54, 1.807) is 24.7 Å². The molecule has 0 aliphatic carbocycles. The summed E-state index contributed by atoms with van der Waals surface area (Å²) >= 11 is 3.58. The standard InChI is InChI=1S/C17H13BrO3/c18-16-8-11(9-19)7-15(13-5-6-21-10-13)17(16)12-1-3-14(20)4-2-12/h1-8,10,19-20H,9H2. The number of furan rings is 1. The van der Waals surface area contributed by atoms with Gasteiger partial charge in [-0.2, -0.15) is 0 Å². The number of hydrogen-bond acceptors (Lipinski definition) is 3. The summed E-state index contributed by atoms with van der Waals surface area (Å²) in [6.07, 6.45) is 3.29. The van der Waals surface area contributed by atoms with Crippen LogP contribution in [0.1, 0.15) is 5.56 Å². The Hall–Kier alpha value is -2.04. The predicted molar refractivity (Wildman–Crippen MR) is 84.9 cm³/mol. The Bertz CT molecular complexity index is 746. The highest BCUT2D eigenvalue weighted by Crippen LogP contribution is 2.39. The van der Waals surface area contributed by atoms with Crippen molar-refractivity contribution in [2.45, 2.75) is 6.61 Å². The molecule has 3 aromatic rings. The fourth-order valence-corrected chi connectivity index (χ4v) is 3.06. The highest BCUT2D eigenvalue weighted by Gasteiger charge is 2.14. The van der Waals surface area contributed by atoms with Gasteiger partial charge < -0.3 is 14.6 Å². The van der Waals surface area contributed by atoms with Gasteiger partial charge in [0.2, 0.25) is 0 Å². The second-order valence-corrected chi connectivity index (χ2v) is 5.57. The lowest BCUT2D eigenvalue weighted by Gasteiger charge is -2.13. The molecule has 3 rings (SSSR count). The molecule has 1 aromatic heterocycles. The van der Waals surface area contributed by atoms with E-state index in [-0.39, 0.29) is 12.4 Å². The number of hydrogen-bond donors (Lipinski definition) is 2. The fourth-order valence-electron chi connectivity index (χ4n) is 2.32. The monoisotopic (exact) mass is 344 g/mol. The molecule has 1 heterocycles. The minimum atomic E-state index is -0.0285. The normalized spacial score (nSPS) is 10.8. The summed E-state index contributed by atoms with van der Waals surface area (Å²) in [6, 6.07) is 12.7. The number of aliphatic hydroxyl groups excluding tert-OH is 1. The zero-order valence-electron chi connectivity index (χ0n) is 11.1. The molecule has 21 heavy (non-hydrogen) atoms. The molecular weight excluding hydrogens is 332 g/mol. The molecule has 3 nitrogen and oxygen atoms in total. The Kier molecular flexibility index (Phi) is 3.82. The average Bonchev–Trinajstić information content (AvgIpc) is 3.02. The summed E-state index contributed by atoms with van der Waals surface area (Å²) in [6.45, 7) is -0.0285. The molecule has 0 saturated carbocycles. The van der Waals surface area contributed by atoms with Crippen molar-refractivity contribution in [2.75, 3.05) is 0 Å². The minimum absolute atomic E-state index is 0.0285. The smallest absolute Gasteiger partial charge is 0.115 e. The quantitative estimate of drug-likeness (QED) is 0.731. The lowest BCUT2D eigenvalue weighted by atomic mass is 9.94. The van der Waals surface area contributed by atoms with Crippen LogP contribution in [-0.2, 0) is 6.61 Å². The van der Waals surface area contributed by atoms with Crippen molar-refractivity contribution in [3.63, 3.8) is 0 Å². The number of phenols is 1. The van der Waals surface area contributed by atoms with Crippen molar-refractivity contribution in [3.05, 3.63) is 65.0 Å². The molecule has 0 spiro atoms. The van der Waals surface area contributed by atoms with Crippen molar-refractivity contribution in [1.29, 1.82) is 0 Å². The zero-order chi connectivity index (χ0) is 14.8. The number of phenolic OH excluding ortho intramolecular Hbond substituents is 1. The molecule has 0 radical (unpaired) electrons. The van der Waals surface area contributed by atoms with E-state index in [0.717, 1.165) is 32.3 Å². The van der Waals surface area contributed by atoms with Gasteiger partial charge in [-0.15, -0.1) is 0 Å². The van der Waals surface area contributed by atoms with E-state index in [0.29, 0.717) is 0 Å². The van der Waals surface area contributed by atoms with Gasteiger partial charge in [0.15, 0.2) is 0 Å². The maximum Gasteiger partial charge on any atom is 0.115 e. The summed E-state index contributed by atoms with van der Waals surface area (Å²) < 4.78 is 6.06. The molecular formula is C17H13BrO3. The van der Waals surface area contributed by atoms with Gasteiger partial charge in [0, 0.05) is 15.6 Å². The highest BCUT2D eigenvalue weighted by atomic mass is 79.9. The van der Waals surface area contributed by atoms with Crippen molar-refractivity contribution < 1.29 is 14.6 Å². The molecule has 4 heteroatoms. The van der Waals surface area contributed by atoms with Gasteiger partial charge in [0.05, 0.1) is 19.1 Å². The third kappa shape index (κ3) is 2.73. The Labute approximate surface area is 130 Å². The van der Waals surface area contributed by atoms with Crippen LogP contribution in [0.2, 0.25) is 0 Å². The second kappa shape index (κ2) is 5.76. The first-order valence-electron chi connectivity index (χ1n) is 6.44. The summed E-state index contributed by atoms with van der Waals surface area (Å²) in [4.78, 5) is 0. The SMILES string of the molecule is OCc1cc(Br)c(-c2ccc(O)cc2)c(-c2ccoc2)c1. The van der Waals surface area contributed by atoms with Crippen LogP contribution in [0, 0.1) is 0 Å². The van der Waals surface area contributed by atoms with E-state index in [4.69, 9.17) is 4.42 Å². The first-order valence-corrected chi connectivity index (χ1v) is 7.23.